The van der Waals surface area contributed by atoms with Crippen LogP contribution >= 0.6 is 0 Å². The molecule has 0 aliphatic carbocycles. The average molecular weight is 276 g/mol. The van der Waals surface area contributed by atoms with Gasteiger partial charge in [-0.2, -0.15) is 0 Å². The summed E-state index contributed by atoms with van der Waals surface area (Å²) in [4.78, 5) is 20.6. The van der Waals surface area contributed by atoms with E-state index in [4.69, 9.17) is 5.73 Å². The van der Waals surface area contributed by atoms with Crippen molar-refractivity contribution in [2.45, 2.75) is 32.2 Å². The van der Waals surface area contributed by atoms with Crippen molar-refractivity contribution >= 4 is 11.7 Å². The van der Waals surface area contributed by atoms with Crippen molar-refractivity contribution in [1.82, 2.24) is 9.88 Å². The second-order valence-corrected chi connectivity index (χ2v) is 5.43. The molecule has 2 N–H and O–H groups in total. The molecule has 1 unspecified atom stereocenters. The fraction of sp³-hybridized carbons (Fsp3) is 0.600. The first-order valence-electron chi connectivity index (χ1n) is 7.36. The van der Waals surface area contributed by atoms with E-state index < -0.39 is 0 Å². The second kappa shape index (κ2) is 7.24. The summed E-state index contributed by atoms with van der Waals surface area (Å²) in [5.74, 6) is 1.25. The number of piperazine rings is 1. The standard InChI is InChI=1S/C15H24N4O/c1-13(16)5-4-7-15(20)19-11-9-18(10-12-19)14-6-2-3-8-17-14/h2-3,6,8,13H,4-5,7,9-12,16H2,1H3. The SMILES string of the molecule is CC(N)CCCC(=O)N1CCN(c2ccccn2)CC1. The summed E-state index contributed by atoms with van der Waals surface area (Å²) in [5.41, 5.74) is 5.70. The van der Waals surface area contributed by atoms with Crippen molar-refractivity contribution in [2.75, 3.05) is 31.1 Å². The van der Waals surface area contributed by atoms with Gasteiger partial charge in [-0.3, -0.25) is 4.79 Å². The maximum atomic E-state index is 12.1. The summed E-state index contributed by atoms with van der Waals surface area (Å²) in [6.45, 7) is 5.27. The molecule has 1 amide bonds. The van der Waals surface area contributed by atoms with Gasteiger partial charge in [-0.15, -0.1) is 0 Å². The van der Waals surface area contributed by atoms with E-state index in [0.29, 0.717) is 6.42 Å². The Morgan fingerprint density at radius 2 is 2.10 bits per heavy atom. The summed E-state index contributed by atoms with van der Waals surface area (Å²) in [5, 5.41) is 0. The zero-order chi connectivity index (χ0) is 14.4. The molecular formula is C15H24N4O. The van der Waals surface area contributed by atoms with Gasteiger partial charge in [0.1, 0.15) is 5.82 Å². The minimum Gasteiger partial charge on any atom is -0.353 e. The number of pyridine rings is 1. The van der Waals surface area contributed by atoms with E-state index in [1.165, 1.54) is 0 Å². The smallest absolute Gasteiger partial charge is 0.222 e. The normalized spacial score (nSPS) is 17.1. The summed E-state index contributed by atoms with van der Waals surface area (Å²) in [6.07, 6.45) is 4.22. The van der Waals surface area contributed by atoms with Crippen LogP contribution in [-0.4, -0.2) is 48.0 Å². The summed E-state index contributed by atoms with van der Waals surface area (Å²) < 4.78 is 0. The lowest BCUT2D eigenvalue weighted by atomic mass is 10.1. The molecule has 1 aliphatic heterocycles. The maximum absolute atomic E-state index is 12.1. The van der Waals surface area contributed by atoms with Crippen LogP contribution in [0.1, 0.15) is 26.2 Å². The number of rotatable bonds is 5. The average Bonchev–Trinajstić information content (AvgIpc) is 2.48. The third-order valence-electron chi connectivity index (χ3n) is 3.66. The molecule has 20 heavy (non-hydrogen) atoms. The lowest BCUT2D eigenvalue weighted by molar-refractivity contribution is -0.131. The van der Waals surface area contributed by atoms with Gasteiger partial charge >= 0.3 is 0 Å². The van der Waals surface area contributed by atoms with Crippen LogP contribution in [0.3, 0.4) is 0 Å². The van der Waals surface area contributed by atoms with Gasteiger partial charge in [-0.25, -0.2) is 4.98 Å². The van der Waals surface area contributed by atoms with E-state index in [-0.39, 0.29) is 11.9 Å². The Morgan fingerprint density at radius 3 is 2.70 bits per heavy atom. The molecule has 0 radical (unpaired) electrons. The van der Waals surface area contributed by atoms with Crippen molar-refractivity contribution in [3.05, 3.63) is 24.4 Å². The Labute approximate surface area is 120 Å². The third-order valence-corrected chi connectivity index (χ3v) is 3.66. The molecule has 0 spiro atoms. The molecule has 5 nitrogen and oxygen atoms in total. The zero-order valence-corrected chi connectivity index (χ0v) is 12.2. The molecular weight excluding hydrogens is 252 g/mol. The van der Waals surface area contributed by atoms with Crippen LogP contribution in [0, 0.1) is 0 Å². The lowest BCUT2D eigenvalue weighted by Gasteiger charge is -2.35. The largest absolute Gasteiger partial charge is 0.353 e. The number of hydrogen-bond acceptors (Lipinski definition) is 4. The topological polar surface area (TPSA) is 62.5 Å². The Hall–Kier alpha value is -1.62. The number of carbonyl (C=O) groups excluding carboxylic acids is 1. The molecule has 1 aliphatic rings. The van der Waals surface area contributed by atoms with E-state index in [0.717, 1.165) is 44.8 Å². The Balaban J connectivity index is 1.75. The van der Waals surface area contributed by atoms with Crippen LogP contribution in [0.25, 0.3) is 0 Å². The Kier molecular flexibility index (Phi) is 5.35. The highest BCUT2D eigenvalue weighted by Crippen LogP contribution is 2.13. The fourth-order valence-corrected chi connectivity index (χ4v) is 2.46. The summed E-state index contributed by atoms with van der Waals surface area (Å²) in [6, 6.07) is 6.11. The number of carbonyl (C=O) groups is 1. The number of aromatic nitrogens is 1. The van der Waals surface area contributed by atoms with Gasteiger partial charge in [-0.1, -0.05) is 6.07 Å². The first kappa shape index (κ1) is 14.8. The van der Waals surface area contributed by atoms with Crippen LogP contribution in [0.4, 0.5) is 5.82 Å². The van der Waals surface area contributed by atoms with E-state index in [2.05, 4.69) is 9.88 Å². The summed E-state index contributed by atoms with van der Waals surface area (Å²) >= 11 is 0. The molecule has 110 valence electrons. The van der Waals surface area contributed by atoms with E-state index in [1.54, 1.807) is 6.20 Å². The van der Waals surface area contributed by atoms with Gasteiger partial charge in [0.05, 0.1) is 0 Å². The van der Waals surface area contributed by atoms with Crippen LogP contribution in [0.5, 0.6) is 0 Å². The van der Waals surface area contributed by atoms with Crippen molar-refractivity contribution < 1.29 is 4.79 Å². The highest BCUT2D eigenvalue weighted by atomic mass is 16.2. The number of hydrogen-bond donors (Lipinski definition) is 1. The Bertz CT molecular complexity index is 413. The number of amides is 1. The molecule has 0 aromatic carbocycles. The fourth-order valence-electron chi connectivity index (χ4n) is 2.46. The minimum absolute atomic E-state index is 0.184. The zero-order valence-electron chi connectivity index (χ0n) is 12.2. The Morgan fingerprint density at radius 1 is 1.35 bits per heavy atom. The van der Waals surface area contributed by atoms with Crippen LogP contribution in [0.2, 0.25) is 0 Å². The molecule has 1 fully saturated rings. The van der Waals surface area contributed by atoms with Crippen molar-refractivity contribution in [3.8, 4) is 0 Å². The second-order valence-electron chi connectivity index (χ2n) is 5.43. The van der Waals surface area contributed by atoms with Gasteiger partial charge in [0.2, 0.25) is 5.91 Å². The van der Waals surface area contributed by atoms with Gasteiger partial charge in [0, 0.05) is 44.8 Å². The molecule has 1 saturated heterocycles. The highest BCUT2D eigenvalue weighted by Gasteiger charge is 2.21. The summed E-state index contributed by atoms with van der Waals surface area (Å²) in [7, 11) is 0. The van der Waals surface area contributed by atoms with E-state index in [1.807, 2.05) is 30.0 Å². The monoisotopic (exact) mass is 276 g/mol. The number of nitrogens with zero attached hydrogens (tertiary/aromatic N) is 3. The van der Waals surface area contributed by atoms with Gasteiger partial charge < -0.3 is 15.5 Å². The van der Waals surface area contributed by atoms with Crippen molar-refractivity contribution in [3.63, 3.8) is 0 Å². The van der Waals surface area contributed by atoms with Crippen LogP contribution in [-0.2, 0) is 4.79 Å². The molecule has 2 heterocycles. The molecule has 2 rings (SSSR count). The quantitative estimate of drug-likeness (QED) is 0.879. The van der Waals surface area contributed by atoms with Gasteiger partial charge in [0.25, 0.3) is 0 Å². The van der Waals surface area contributed by atoms with Gasteiger partial charge in [0.15, 0.2) is 0 Å². The van der Waals surface area contributed by atoms with Crippen molar-refractivity contribution in [1.29, 1.82) is 0 Å². The number of nitrogens with two attached hydrogens (primary N) is 1. The maximum Gasteiger partial charge on any atom is 0.222 e. The molecule has 0 bridgehead atoms. The van der Waals surface area contributed by atoms with Crippen molar-refractivity contribution in [2.24, 2.45) is 5.73 Å². The van der Waals surface area contributed by atoms with Crippen LogP contribution < -0.4 is 10.6 Å². The highest BCUT2D eigenvalue weighted by molar-refractivity contribution is 5.76. The van der Waals surface area contributed by atoms with E-state index in [9.17, 15) is 4.79 Å². The minimum atomic E-state index is 0.184. The predicted molar refractivity (Wildman–Crippen MR) is 80.5 cm³/mol. The first-order valence-corrected chi connectivity index (χ1v) is 7.36. The first-order chi connectivity index (χ1) is 9.66. The number of anilines is 1. The van der Waals surface area contributed by atoms with Gasteiger partial charge in [-0.05, 0) is 31.9 Å². The molecule has 1 atom stereocenters. The molecule has 0 saturated carbocycles. The molecule has 1 aromatic heterocycles. The lowest BCUT2D eigenvalue weighted by Crippen LogP contribution is -2.49. The predicted octanol–water partition coefficient (Wildman–Crippen LogP) is 1.25. The van der Waals surface area contributed by atoms with Crippen LogP contribution in [0.15, 0.2) is 24.4 Å². The van der Waals surface area contributed by atoms with E-state index >= 15 is 0 Å². The molecule has 1 aromatic rings. The molecule has 5 heteroatoms. The third kappa shape index (κ3) is 4.20.